The van der Waals surface area contributed by atoms with E-state index >= 15 is 0 Å². The molecule has 2 heteroatoms. The number of hydrogen-bond donors (Lipinski definition) is 2. The summed E-state index contributed by atoms with van der Waals surface area (Å²) in [5.41, 5.74) is 0.518. The summed E-state index contributed by atoms with van der Waals surface area (Å²) in [6.45, 7) is 11.6. The molecule has 2 N–H and O–H groups in total. The molecule has 0 aromatic rings. The Kier molecular flexibility index (Phi) is 5.03. The van der Waals surface area contributed by atoms with Crippen molar-refractivity contribution in [1.82, 2.24) is 0 Å². The van der Waals surface area contributed by atoms with Gasteiger partial charge in [-0.15, -0.1) is 0 Å². The first kappa shape index (κ1) is 20.2. The van der Waals surface area contributed by atoms with Crippen molar-refractivity contribution in [1.29, 1.82) is 0 Å². The fourth-order valence-electron chi connectivity index (χ4n) is 8.88. The molecule has 0 aromatic heterocycles. The lowest BCUT2D eigenvalue weighted by Gasteiger charge is -2.62. The van der Waals surface area contributed by atoms with E-state index < -0.39 is 0 Å². The van der Waals surface area contributed by atoms with Crippen molar-refractivity contribution in [3.8, 4) is 0 Å². The van der Waals surface area contributed by atoms with Crippen LogP contribution in [0.25, 0.3) is 0 Å². The van der Waals surface area contributed by atoms with E-state index in [1.807, 2.05) is 6.92 Å². The van der Waals surface area contributed by atoms with Crippen LogP contribution >= 0.6 is 0 Å². The highest BCUT2D eigenvalue weighted by atomic mass is 16.3. The minimum absolute atomic E-state index is 0.179. The van der Waals surface area contributed by atoms with Gasteiger partial charge in [-0.25, -0.2) is 0 Å². The second-order valence-electron chi connectivity index (χ2n) is 11.8. The van der Waals surface area contributed by atoms with Crippen LogP contribution in [0.1, 0.15) is 98.8 Å². The Morgan fingerprint density at radius 3 is 2.26 bits per heavy atom. The normalized spacial score (nSPS) is 54.6. The number of rotatable bonds is 3. The summed E-state index contributed by atoms with van der Waals surface area (Å²) in [5.74, 6) is 4.49. The molecule has 4 fully saturated rings. The summed E-state index contributed by atoms with van der Waals surface area (Å²) in [6, 6.07) is 0. The fourth-order valence-corrected chi connectivity index (χ4v) is 8.88. The molecule has 0 amide bonds. The summed E-state index contributed by atoms with van der Waals surface area (Å²) < 4.78 is 0. The lowest BCUT2D eigenvalue weighted by Crippen LogP contribution is -2.56. The summed E-state index contributed by atoms with van der Waals surface area (Å²) in [7, 11) is 0. The minimum atomic E-state index is -0.384. The van der Waals surface area contributed by atoms with E-state index in [-0.39, 0.29) is 11.7 Å². The van der Waals surface area contributed by atoms with Gasteiger partial charge in [0.2, 0.25) is 0 Å². The molecule has 0 heterocycles. The van der Waals surface area contributed by atoms with E-state index in [4.69, 9.17) is 0 Å². The second kappa shape index (κ2) is 6.73. The zero-order chi connectivity index (χ0) is 19.6. The molecular formula is C25H44O2. The molecular weight excluding hydrogens is 332 g/mol. The van der Waals surface area contributed by atoms with Gasteiger partial charge < -0.3 is 10.2 Å². The summed E-state index contributed by atoms with van der Waals surface area (Å²) in [4.78, 5) is 0. The van der Waals surface area contributed by atoms with Crippen LogP contribution in [0.2, 0.25) is 0 Å². The summed E-state index contributed by atoms with van der Waals surface area (Å²) in [6.07, 6.45) is 12.2. The molecule has 0 spiro atoms. The quantitative estimate of drug-likeness (QED) is 0.653. The molecule has 0 bridgehead atoms. The predicted molar refractivity (Wildman–Crippen MR) is 111 cm³/mol. The third kappa shape index (κ3) is 2.95. The van der Waals surface area contributed by atoms with Crippen LogP contribution in [-0.2, 0) is 0 Å². The molecule has 0 aliphatic heterocycles. The van der Waals surface area contributed by atoms with Gasteiger partial charge >= 0.3 is 0 Å². The maximum atomic E-state index is 10.9. The third-order valence-corrected chi connectivity index (χ3v) is 10.9. The van der Waals surface area contributed by atoms with E-state index in [1.54, 1.807) is 0 Å². The van der Waals surface area contributed by atoms with Gasteiger partial charge in [0.25, 0.3) is 0 Å². The topological polar surface area (TPSA) is 40.5 Å². The van der Waals surface area contributed by atoms with Gasteiger partial charge in [-0.1, -0.05) is 27.7 Å². The molecule has 0 saturated heterocycles. The van der Waals surface area contributed by atoms with Crippen molar-refractivity contribution in [3.05, 3.63) is 0 Å². The summed E-state index contributed by atoms with van der Waals surface area (Å²) >= 11 is 0. The van der Waals surface area contributed by atoms with E-state index in [0.717, 1.165) is 42.9 Å². The SMILES string of the molecule is CC[C@]1(O)CC[C@@]2(C)[C@@H](CC[C@@H]3[C@@H]2CC[C@]2(C)[C@@H]([C@H](C)[C@H](C)O)CC[C@@H]32)C1. The lowest BCUT2D eigenvalue weighted by atomic mass is 9.43. The first-order chi connectivity index (χ1) is 12.6. The largest absolute Gasteiger partial charge is 0.393 e. The van der Waals surface area contributed by atoms with Crippen molar-refractivity contribution in [2.75, 3.05) is 0 Å². The number of hydrogen-bond acceptors (Lipinski definition) is 2. The predicted octanol–water partition coefficient (Wildman–Crippen LogP) is 5.80. The maximum Gasteiger partial charge on any atom is 0.0648 e. The molecule has 10 atom stereocenters. The van der Waals surface area contributed by atoms with Crippen LogP contribution in [0.3, 0.4) is 0 Å². The van der Waals surface area contributed by atoms with Crippen LogP contribution in [0, 0.1) is 46.3 Å². The molecule has 4 aliphatic rings. The Labute approximate surface area is 167 Å². The van der Waals surface area contributed by atoms with E-state index in [2.05, 4.69) is 27.7 Å². The van der Waals surface area contributed by atoms with E-state index in [1.165, 1.54) is 44.9 Å². The zero-order valence-electron chi connectivity index (χ0n) is 18.5. The Bertz CT molecular complexity index is 559. The number of aliphatic hydroxyl groups is 2. The van der Waals surface area contributed by atoms with Gasteiger partial charge in [0.15, 0.2) is 0 Å². The van der Waals surface area contributed by atoms with Crippen molar-refractivity contribution in [3.63, 3.8) is 0 Å². The molecule has 4 saturated carbocycles. The minimum Gasteiger partial charge on any atom is -0.393 e. The molecule has 0 aromatic carbocycles. The molecule has 2 nitrogen and oxygen atoms in total. The van der Waals surface area contributed by atoms with Crippen LogP contribution in [0.5, 0.6) is 0 Å². The number of aliphatic hydroxyl groups excluding tert-OH is 1. The lowest BCUT2D eigenvalue weighted by molar-refractivity contribution is -0.154. The first-order valence-electron chi connectivity index (χ1n) is 12.0. The van der Waals surface area contributed by atoms with Crippen molar-refractivity contribution >= 4 is 0 Å². The molecule has 0 radical (unpaired) electrons. The van der Waals surface area contributed by atoms with Crippen LogP contribution < -0.4 is 0 Å². The number of fused-ring (bicyclic) bond motifs is 5. The zero-order valence-corrected chi connectivity index (χ0v) is 18.5. The molecule has 27 heavy (non-hydrogen) atoms. The highest BCUT2D eigenvalue weighted by molar-refractivity contribution is 5.11. The van der Waals surface area contributed by atoms with Crippen LogP contribution in [0.4, 0.5) is 0 Å². The van der Waals surface area contributed by atoms with Gasteiger partial charge in [-0.2, -0.15) is 0 Å². The van der Waals surface area contributed by atoms with Crippen LogP contribution in [0.15, 0.2) is 0 Å². The van der Waals surface area contributed by atoms with Crippen LogP contribution in [-0.4, -0.2) is 21.9 Å². The van der Waals surface area contributed by atoms with Gasteiger partial charge in [-0.3, -0.25) is 0 Å². The Morgan fingerprint density at radius 2 is 1.59 bits per heavy atom. The average molecular weight is 377 g/mol. The van der Waals surface area contributed by atoms with Crippen molar-refractivity contribution in [2.24, 2.45) is 46.3 Å². The third-order valence-electron chi connectivity index (χ3n) is 10.9. The van der Waals surface area contributed by atoms with E-state index in [9.17, 15) is 10.2 Å². The highest BCUT2D eigenvalue weighted by Gasteiger charge is 2.61. The fraction of sp³-hybridized carbons (Fsp3) is 1.00. The monoisotopic (exact) mass is 376 g/mol. The Hall–Kier alpha value is -0.0800. The maximum absolute atomic E-state index is 10.9. The highest BCUT2D eigenvalue weighted by Crippen LogP contribution is 2.68. The molecule has 0 unspecified atom stereocenters. The van der Waals surface area contributed by atoms with Crippen molar-refractivity contribution in [2.45, 2.75) is 111 Å². The second-order valence-corrected chi connectivity index (χ2v) is 11.8. The van der Waals surface area contributed by atoms with Gasteiger partial charge in [0.05, 0.1) is 11.7 Å². The molecule has 4 aliphatic carbocycles. The summed E-state index contributed by atoms with van der Waals surface area (Å²) in [5, 5.41) is 21.2. The molecule has 156 valence electrons. The van der Waals surface area contributed by atoms with Crippen molar-refractivity contribution < 1.29 is 10.2 Å². The van der Waals surface area contributed by atoms with Gasteiger partial charge in [0, 0.05) is 0 Å². The first-order valence-corrected chi connectivity index (χ1v) is 12.0. The molecule has 4 rings (SSSR count). The average Bonchev–Trinajstić information content (AvgIpc) is 2.99. The van der Waals surface area contributed by atoms with E-state index in [0.29, 0.717) is 22.7 Å². The Morgan fingerprint density at radius 1 is 0.889 bits per heavy atom. The smallest absolute Gasteiger partial charge is 0.0648 e. The van der Waals surface area contributed by atoms with Gasteiger partial charge in [0.1, 0.15) is 0 Å². The van der Waals surface area contributed by atoms with Gasteiger partial charge in [-0.05, 0) is 117 Å². The Balaban J connectivity index is 1.56. The standard InChI is InChI=1S/C25H44O2/c1-6-25(27)14-13-23(4)18(15-25)7-8-19-21-10-9-20(16(2)17(3)26)24(21,5)12-11-22(19)23/h16-22,26-27H,6-15H2,1-5H3/t16-,17+,18+,19+,20-,21+,22+,23+,24-,25+/m1/s1.